The summed E-state index contributed by atoms with van der Waals surface area (Å²) < 4.78 is 34.1. The molecular formula is C29H40ClN7O3S. The van der Waals surface area contributed by atoms with Gasteiger partial charge in [-0.05, 0) is 110 Å². The summed E-state index contributed by atoms with van der Waals surface area (Å²) in [6.07, 6.45) is 7.38. The van der Waals surface area contributed by atoms with Gasteiger partial charge in [0.2, 0.25) is 20.8 Å². The Bertz CT molecular complexity index is 1510. The molecule has 3 aromatic rings. The van der Waals surface area contributed by atoms with Gasteiger partial charge in [-0.25, -0.2) is 13.4 Å². The van der Waals surface area contributed by atoms with Gasteiger partial charge in [0.25, 0.3) is 0 Å². The lowest BCUT2D eigenvalue weighted by atomic mass is 9.86. The molecule has 3 heterocycles. The zero-order chi connectivity index (χ0) is 29.5. The van der Waals surface area contributed by atoms with Gasteiger partial charge in [-0.15, -0.1) is 0 Å². The van der Waals surface area contributed by atoms with Gasteiger partial charge in [-0.1, -0.05) is 11.6 Å². The van der Waals surface area contributed by atoms with E-state index in [9.17, 15) is 8.42 Å². The Morgan fingerprint density at radius 1 is 1.05 bits per heavy atom. The number of aryl methyl sites for hydroxylation is 1. The maximum atomic E-state index is 13.1. The van der Waals surface area contributed by atoms with Crippen LogP contribution in [0.1, 0.15) is 76.5 Å². The second-order valence-corrected chi connectivity index (χ2v) is 14.6. The maximum absolute atomic E-state index is 13.1. The second-order valence-electron chi connectivity index (χ2n) is 11.7. The first kappa shape index (κ1) is 29.6. The third-order valence-corrected chi connectivity index (χ3v) is 10.0. The molecule has 1 aromatic carbocycles. The summed E-state index contributed by atoms with van der Waals surface area (Å²) >= 11 is 6.48. The molecule has 2 N–H and O–H groups in total. The standard InChI is InChI=1S/C29H40ClN7O3S/c1-17(2)40-26-14-22(20-9-11-36(6)12-10-20)19(5)13-24(26)33-29-31-15-23(30)27(34-29)32-25-16-37(21-7-8-21)35-28(25)41(38,39)18(3)4/h13-18,20-21H,7-12H2,1-6H3,(H2,31,32,33,34). The monoisotopic (exact) mass is 601 g/mol. The van der Waals surface area contributed by atoms with Crippen molar-refractivity contribution in [3.8, 4) is 5.75 Å². The van der Waals surface area contributed by atoms with Gasteiger partial charge in [0, 0.05) is 0 Å². The number of benzene rings is 1. The molecule has 10 nitrogen and oxygen atoms in total. The first-order valence-corrected chi connectivity index (χ1v) is 16.2. The quantitative estimate of drug-likeness (QED) is 0.279. The minimum absolute atomic E-state index is 0.00340. The van der Waals surface area contributed by atoms with E-state index in [0.717, 1.165) is 50.2 Å². The van der Waals surface area contributed by atoms with Crippen LogP contribution in [-0.4, -0.2) is 64.6 Å². The second kappa shape index (κ2) is 11.8. The Morgan fingerprint density at radius 2 is 1.76 bits per heavy atom. The number of halogens is 1. The summed E-state index contributed by atoms with van der Waals surface area (Å²) in [6.45, 7) is 11.6. The molecule has 0 radical (unpaired) electrons. The molecule has 5 rings (SSSR count). The highest BCUT2D eigenvalue weighted by Gasteiger charge is 2.32. The van der Waals surface area contributed by atoms with Crippen LogP contribution in [0.2, 0.25) is 5.02 Å². The highest BCUT2D eigenvalue weighted by molar-refractivity contribution is 7.92. The summed E-state index contributed by atoms with van der Waals surface area (Å²) in [7, 11) is -1.47. The zero-order valence-corrected chi connectivity index (χ0v) is 26.2. The molecule has 1 saturated heterocycles. The van der Waals surface area contributed by atoms with E-state index in [4.69, 9.17) is 16.3 Å². The van der Waals surface area contributed by atoms with Crippen molar-refractivity contribution in [2.75, 3.05) is 30.8 Å². The summed E-state index contributed by atoms with van der Waals surface area (Å²) in [6, 6.07) is 4.45. The van der Waals surface area contributed by atoms with E-state index in [-0.39, 0.29) is 28.0 Å². The molecule has 12 heteroatoms. The third kappa shape index (κ3) is 6.62. The molecule has 2 aliphatic rings. The topological polar surface area (TPSA) is 114 Å². The number of nitrogens with one attached hydrogen (secondary N) is 2. The summed E-state index contributed by atoms with van der Waals surface area (Å²) in [5.74, 6) is 1.82. The molecule has 0 bridgehead atoms. The van der Waals surface area contributed by atoms with Crippen molar-refractivity contribution in [2.24, 2.45) is 0 Å². The molecule has 2 aromatic heterocycles. The first-order chi connectivity index (χ1) is 19.4. The lowest BCUT2D eigenvalue weighted by Gasteiger charge is -2.30. The van der Waals surface area contributed by atoms with Crippen molar-refractivity contribution >= 4 is 44.6 Å². The van der Waals surface area contributed by atoms with Crippen molar-refractivity contribution in [2.45, 2.75) is 88.6 Å². The van der Waals surface area contributed by atoms with Crippen molar-refractivity contribution in [3.05, 3.63) is 40.7 Å². The predicted molar refractivity (Wildman–Crippen MR) is 163 cm³/mol. The minimum Gasteiger partial charge on any atom is -0.489 e. The van der Waals surface area contributed by atoms with Gasteiger partial charge in [-0.3, -0.25) is 4.68 Å². The van der Waals surface area contributed by atoms with E-state index in [1.807, 2.05) is 13.8 Å². The third-order valence-electron chi connectivity index (χ3n) is 7.64. The normalized spacial score (nSPS) is 16.9. The molecule has 0 atom stereocenters. The van der Waals surface area contributed by atoms with Crippen LogP contribution in [0.15, 0.2) is 29.6 Å². The van der Waals surface area contributed by atoms with Crippen LogP contribution in [-0.2, 0) is 9.84 Å². The molecule has 0 unspecified atom stereocenters. The Kier molecular flexibility index (Phi) is 8.50. The lowest BCUT2D eigenvalue weighted by molar-refractivity contribution is 0.241. The van der Waals surface area contributed by atoms with Crippen molar-refractivity contribution < 1.29 is 13.2 Å². The number of rotatable bonds is 10. The van der Waals surface area contributed by atoms with Crippen molar-refractivity contribution in [1.29, 1.82) is 0 Å². The van der Waals surface area contributed by atoms with Crippen molar-refractivity contribution in [1.82, 2.24) is 24.6 Å². The molecule has 222 valence electrons. The highest BCUT2D eigenvalue weighted by Crippen LogP contribution is 2.39. The largest absolute Gasteiger partial charge is 0.489 e. The van der Waals surface area contributed by atoms with E-state index in [2.05, 4.69) is 56.7 Å². The molecule has 0 spiro atoms. The van der Waals surface area contributed by atoms with Crippen LogP contribution in [0.25, 0.3) is 0 Å². The summed E-state index contributed by atoms with van der Waals surface area (Å²) in [4.78, 5) is 11.4. The van der Waals surface area contributed by atoms with Crippen LogP contribution in [0.5, 0.6) is 5.75 Å². The zero-order valence-electron chi connectivity index (χ0n) is 24.6. The first-order valence-electron chi connectivity index (χ1n) is 14.3. The Hall–Kier alpha value is -2.89. The van der Waals surface area contributed by atoms with Crippen molar-refractivity contribution in [3.63, 3.8) is 0 Å². The highest BCUT2D eigenvalue weighted by atomic mass is 35.5. The fourth-order valence-electron chi connectivity index (χ4n) is 5.10. The number of ether oxygens (including phenoxy) is 1. The molecule has 1 saturated carbocycles. The van der Waals surface area contributed by atoms with Gasteiger partial charge < -0.3 is 20.3 Å². The van der Waals surface area contributed by atoms with Crippen LogP contribution in [0.4, 0.5) is 23.1 Å². The maximum Gasteiger partial charge on any atom is 0.229 e. The number of hydrogen-bond acceptors (Lipinski definition) is 9. The van der Waals surface area contributed by atoms with E-state index >= 15 is 0 Å². The average molecular weight is 602 g/mol. The summed E-state index contributed by atoms with van der Waals surface area (Å²) in [5.41, 5.74) is 3.59. The number of likely N-dealkylation sites (tertiary alicyclic amines) is 1. The Morgan fingerprint density at radius 3 is 2.39 bits per heavy atom. The Balaban J connectivity index is 1.45. The number of piperidine rings is 1. The smallest absolute Gasteiger partial charge is 0.229 e. The number of aromatic nitrogens is 4. The van der Waals surface area contributed by atoms with E-state index < -0.39 is 15.1 Å². The van der Waals surface area contributed by atoms with E-state index in [1.54, 1.807) is 24.7 Å². The van der Waals surface area contributed by atoms with Crippen LogP contribution in [0.3, 0.4) is 0 Å². The fraction of sp³-hybridized carbons (Fsp3) is 0.552. The fourth-order valence-corrected chi connectivity index (χ4v) is 6.30. The van der Waals surface area contributed by atoms with Gasteiger partial charge in [0.1, 0.15) is 10.8 Å². The SMILES string of the molecule is Cc1cc(Nc2ncc(Cl)c(Nc3cn(C4CC4)nc3S(=O)(=O)C(C)C)n2)c(OC(C)C)cc1C1CCN(C)CC1. The number of nitrogens with zero attached hydrogens (tertiary/aromatic N) is 5. The molecule has 2 fully saturated rings. The Labute approximate surface area is 247 Å². The van der Waals surface area contributed by atoms with Gasteiger partial charge in [0.15, 0.2) is 5.82 Å². The number of sulfone groups is 1. The van der Waals surface area contributed by atoms with Gasteiger partial charge in [-0.2, -0.15) is 10.1 Å². The van der Waals surface area contributed by atoms with Crippen LogP contribution in [0, 0.1) is 6.92 Å². The van der Waals surface area contributed by atoms with Gasteiger partial charge in [0.05, 0.1) is 41.2 Å². The molecule has 1 aliphatic carbocycles. The van der Waals surface area contributed by atoms with E-state index in [0.29, 0.717) is 17.6 Å². The molecular weight excluding hydrogens is 562 g/mol. The molecule has 1 aliphatic heterocycles. The van der Waals surface area contributed by atoms with Crippen LogP contribution >= 0.6 is 11.6 Å². The molecule has 0 amide bonds. The predicted octanol–water partition coefficient (Wildman–Crippen LogP) is 6.24. The number of hydrogen-bond donors (Lipinski definition) is 2. The van der Waals surface area contributed by atoms with Crippen LogP contribution < -0.4 is 15.4 Å². The number of anilines is 4. The van der Waals surface area contributed by atoms with Gasteiger partial charge >= 0.3 is 0 Å². The van der Waals surface area contributed by atoms with E-state index in [1.165, 1.54) is 17.3 Å². The average Bonchev–Trinajstić information content (AvgIpc) is 3.67. The summed E-state index contributed by atoms with van der Waals surface area (Å²) in [5, 5.41) is 10.5. The lowest BCUT2D eigenvalue weighted by Crippen LogP contribution is -2.29. The molecule has 41 heavy (non-hydrogen) atoms. The minimum atomic E-state index is -3.64.